The van der Waals surface area contributed by atoms with E-state index in [4.69, 9.17) is 9.16 Å². The van der Waals surface area contributed by atoms with Crippen LogP contribution in [0.25, 0.3) is 0 Å². The summed E-state index contributed by atoms with van der Waals surface area (Å²) in [5.41, 5.74) is 0. The lowest BCUT2D eigenvalue weighted by molar-refractivity contribution is 0.203. The summed E-state index contributed by atoms with van der Waals surface area (Å²) < 4.78 is 12.8. The minimum absolute atomic E-state index is 0.255. The van der Waals surface area contributed by atoms with E-state index in [9.17, 15) is 0 Å². The molecule has 1 aromatic rings. The second kappa shape index (κ2) is 6.22. The summed E-state index contributed by atoms with van der Waals surface area (Å²) in [6, 6.07) is 7.86. The third-order valence-electron chi connectivity index (χ3n) is 3.43. The lowest BCUT2D eigenvalue weighted by Crippen LogP contribution is -2.41. The van der Waals surface area contributed by atoms with E-state index in [-0.39, 0.29) is 5.04 Å². The Balaban J connectivity index is 2.33. The van der Waals surface area contributed by atoms with Crippen LogP contribution in [-0.2, 0) is 4.43 Å². The summed E-state index contributed by atoms with van der Waals surface area (Å²) in [5, 5.41) is 0.255. The number of halogens is 1. The van der Waals surface area contributed by atoms with Crippen molar-refractivity contribution in [2.24, 2.45) is 0 Å². The van der Waals surface area contributed by atoms with Crippen molar-refractivity contribution in [2.45, 2.75) is 38.9 Å². The van der Waals surface area contributed by atoms with E-state index in [1.54, 1.807) is 0 Å². The molecule has 0 aromatic heterocycles. The van der Waals surface area contributed by atoms with Gasteiger partial charge >= 0.3 is 0 Å². The molecule has 0 aliphatic heterocycles. The van der Waals surface area contributed by atoms with E-state index in [0.717, 1.165) is 10.2 Å². The fraction of sp³-hybridized carbons (Fsp3) is 0.571. The molecule has 102 valence electrons. The fourth-order valence-corrected chi connectivity index (χ4v) is 2.49. The van der Waals surface area contributed by atoms with Gasteiger partial charge in [-0.25, -0.2) is 0 Å². The number of rotatable bonds is 5. The first-order valence-electron chi connectivity index (χ1n) is 6.25. The molecule has 4 heteroatoms. The molecule has 0 atom stereocenters. The van der Waals surface area contributed by atoms with Crippen LogP contribution >= 0.6 is 15.9 Å². The first kappa shape index (κ1) is 15.7. The predicted molar refractivity (Wildman–Crippen MR) is 82.8 cm³/mol. The molecule has 0 spiro atoms. The van der Waals surface area contributed by atoms with Crippen LogP contribution in [0, 0.1) is 0 Å². The topological polar surface area (TPSA) is 18.5 Å². The Labute approximate surface area is 120 Å². The van der Waals surface area contributed by atoms with Crippen molar-refractivity contribution in [2.75, 3.05) is 13.2 Å². The largest absolute Gasteiger partial charge is 0.491 e. The molecule has 0 N–H and O–H groups in total. The molecule has 18 heavy (non-hydrogen) atoms. The molecule has 0 saturated carbocycles. The highest BCUT2D eigenvalue weighted by atomic mass is 79.9. The number of hydrogen-bond acceptors (Lipinski definition) is 2. The van der Waals surface area contributed by atoms with Crippen LogP contribution in [0.3, 0.4) is 0 Å². The maximum Gasteiger partial charge on any atom is 0.192 e. The lowest BCUT2D eigenvalue weighted by Gasteiger charge is -2.36. The van der Waals surface area contributed by atoms with E-state index < -0.39 is 8.32 Å². The zero-order valence-electron chi connectivity index (χ0n) is 11.9. The van der Waals surface area contributed by atoms with Crippen molar-refractivity contribution in [3.8, 4) is 5.75 Å². The van der Waals surface area contributed by atoms with E-state index in [1.807, 2.05) is 24.3 Å². The van der Waals surface area contributed by atoms with Crippen molar-refractivity contribution >= 4 is 24.2 Å². The van der Waals surface area contributed by atoms with Gasteiger partial charge in [0, 0.05) is 4.47 Å². The van der Waals surface area contributed by atoms with Gasteiger partial charge in [0.2, 0.25) is 0 Å². The van der Waals surface area contributed by atoms with E-state index in [2.05, 4.69) is 49.8 Å². The molecule has 0 heterocycles. The quantitative estimate of drug-likeness (QED) is 0.567. The molecule has 1 aromatic carbocycles. The summed E-state index contributed by atoms with van der Waals surface area (Å²) in [4.78, 5) is 0. The van der Waals surface area contributed by atoms with E-state index in [0.29, 0.717) is 13.2 Å². The minimum atomic E-state index is -1.64. The molecule has 2 nitrogen and oxygen atoms in total. The molecular weight excluding hydrogens is 308 g/mol. The summed E-state index contributed by atoms with van der Waals surface area (Å²) in [5.74, 6) is 0.886. The first-order valence-corrected chi connectivity index (χ1v) is 9.95. The molecule has 0 saturated heterocycles. The molecule has 0 fully saturated rings. The Hall–Kier alpha value is -0.323. The Kier molecular flexibility index (Phi) is 5.43. The third kappa shape index (κ3) is 4.75. The monoisotopic (exact) mass is 330 g/mol. The summed E-state index contributed by atoms with van der Waals surface area (Å²) in [6.07, 6.45) is 0. The average Bonchev–Trinajstić information content (AvgIpc) is 2.25. The Morgan fingerprint density at radius 2 is 1.61 bits per heavy atom. The van der Waals surface area contributed by atoms with Crippen LogP contribution in [0.1, 0.15) is 20.8 Å². The molecule has 0 amide bonds. The van der Waals surface area contributed by atoms with Gasteiger partial charge in [0.25, 0.3) is 0 Å². The molecule has 0 aliphatic rings. The zero-order valence-corrected chi connectivity index (χ0v) is 14.5. The zero-order chi connectivity index (χ0) is 13.8. The second-order valence-corrected chi connectivity index (χ2v) is 11.6. The average molecular weight is 331 g/mol. The number of benzene rings is 1. The van der Waals surface area contributed by atoms with Gasteiger partial charge in [0.05, 0.1) is 6.61 Å². The van der Waals surface area contributed by atoms with Crippen LogP contribution in [0.2, 0.25) is 18.1 Å². The maximum atomic E-state index is 6.04. The molecule has 0 unspecified atom stereocenters. The number of hydrogen-bond donors (Lipinski definition) is 0. The smallest absolute Gasteiger partial charge is 0.192 e. The van der Waals surface area contributed by atoms with Crippen molar-refractivity contribution in [3.05, 3.63) is 28.7 Å². The lowest BCUT2D eigenvalue weighted by atomic mass is 10.2. The van der Waals surface area contributed by atoms with Gasteiger partial charge in [-0.1, -0.05) is 36.7 Å². The molecule has 0 bridgehead atoms. The summed E-state index contributed by atoms with van der Waals surface area (Å²) >= 11 is 3.40. The van der Waals surface area contributed by atoms with Gasteiger partial charge < -0.3 is 9.16 Å². The normalized spacial score (nSPS) is 12.6. The maximum absolute atomic E-state index is 6.04. The van der Waals surface area contributed by atoms with E-state index >= 15 is 0 Å². The van der Waals surface area contributed by atoms with Gasteiger partial charge in [-0.15, -0.1) is 0 Å². The van der Waals surface area contributed by atoms with Gasteiger partial charge in [-0.05, 0) is 42.4 Å². The van der Waals surface area contributed by atoms with Gasteiger partial charge in [0.1, 0.15) is 12.4 Å². The van der Waals surface area contributed by atoms with Crippen molar-refractivity contribution in [1.29, 1.82) is 0 Å². The Morgan fingerprint density at radius 3 is 2.11 bits per heavy atom. The predicted octanol–water partition coefficient (Wildman–Crippen LogP) is 4.85. The third-order valence-corrected chi connectivity index (χ3v) is 8.50. The Morgan fingerprint density at radius 1 is 1.06 bits per heavy atom. The SMILES string of the molecule is CC(C)(C)[Si](C)(C)OCCOc1ccc(Br)cc1. The van der Waals surface area contributed by atoms with Crippen LogP contribution in [0.5, 0.6) is 5.75 Å². The van der Waals surface area contributed by atoms with E-state index in [1.165, 1.54) is 0 Å². The van der Waals surface area contributed by atoms with Gasteiger partial charge in [0.15, 0.2) is 8.32 Å². The highest BCUT2D eigenvalue weighted by molar-refractivity contribution is 9.10. The van der Waals surface area contributed by atoms with Crippen LogP contribution in [0.4, 0.5) is 0 Å². The fourth-order valence-electron chi connectivity index (χ4n) is 1.20. The molecule has 0 aliphatic carbocycles. The van der Waals surface area contributed by atoms with Gasteiger partial charge in [-0.2, -0.15) is 0 Å². The van der Waals surface area contributed by atoms with Crippen LogP contribution < -0.4 is 4.74 Å². The minimum Gasteiger partial charge on any atom is -0.491 e. The molecule has 1 rings (SSSR count). The highest BCUT2D eigenvalue weighted by Crippen LogP contribution is 2.36. The van der Waals surface area contributed by atoms with Crippen molar-refractivity contribution in [1.82, 2.24) is 0 Å². The standard InChI is InChI=1S/C14H23BrO2Si/c1-14(2,3)18(4,5)17-11-10-16-13-8-6-12(15)7-9-13/h6-9H,10-11H2,1-5H3. The summed E-state index contributed by atoms with van der Waals surface area (Å²) in [6.45, 7) is 12.5. The van der Waals surface area contributed by atoms with Gasteiger partial charge in [-0.3, -0.25) is 0 Å². The Bertz CT molecular complexity index is 368. The van der Waals surface area contributed by atoms with Crippen molar-refractivity contribution in [3.63, 3.8) is 0 Å². The molecular formula is C14H23BrO2Si. The summed E-state index contributed by atoms with van der Waals surface area (Å²) in [7, 11) is -1.64. The van der Waals surface area contributed by atoms with Crippen LogP contribution in [-0.4, -0.2) is 21.5 Å². The van der Waals surface area contributed by atoms with Crippen molar-refractivity contribution < 1.29 is 9.16 Å². The second-order valence-electron chi connectivity index (χ2n) is 5.91. The first-order chi connectivity index (χ1) is 8.22. The highest BCUT2D eigenvalue weighted by Gasteiger charge is 2.36. The van der Waals surface area contributed by atoms with Crippen LogP contribution in [0.15, 0.2) is 28.7 Å². The number of ether oxygens (including phenoxy) is 1. The molecule has 0 radical (unpaired) electrons.